The predicted octanol–water partition coefficient (Wildman–Crippen LogP) is 2.20. The summed E-state index contributed by atoms with van der Waals surface area (Å²) < 4.78 is 0. The molecule has 0 saturated heterocycles. The van der Waals surface area contributed by atoms with Crippen LogP contribution in [-0.2, 0) is 4.84 Å². The molecule has 0 aliphatic rings. The molecule has 0 bridgehead atoms. The Morgan fingerprint density at radius 3 is 2.44 bits per heavy atom. The lowest BCUT2D eigenvalue weighted by Gasteiger charge is -1.97. The Bertz CT molecular complexity index is 88.9. The van der Waals surface area contributed by atoms with Gasteiger partial charge in [-0.1, -0.05) is 25.4 Å². The number of oxime groups is 1. The summed E-state index contributed by atoms with van der Waals surface area (Å²) in [6, 6.07) is 0. The molecule has 0 atom stereocenters. The zero-order chi connectivity index (χ0) is 7.11. The van der Waals surface area contributed by atoms with Crippen LogP contribution in [0.4, 0.5) is 0 Å². The van der Waals surface area contributed by atoms with Gasteiger partial charge in [0.1, 0.15) is 7.11 Å². The Kier molecular flexibility index (Phi) is 5.27. The van der Waals surface area contributed by atoms with Gasteiger partial charge in [-0.15, -0.1) is 0 Å². The molecular formula is C7H15NO. The van der Waals surface area contributed by atoms with Crippen LogP contribution in [0.3, 0.4) is 0 Å². The van der Waals surface area contributed by atoms with Crippen molar-refractivity contribution in [1.82, 2.24) is 0 Å². The summed E-state index contributed by atoms with van der Waals surface area (Å²) in [7, 11) is 1.59. The fraction of sp³-hybridized carbons (Fsp3) is 0.857. The third kappa shape index (κ3) is 4.01. The Morgan fingerprint density at radius 1 is 1.44 bits per heavy atom. The van der Waals surface area contributed by atoms with Crippen LogP contribution in [0.2, 0.25) is 0 Å². The van der Waals surface area contributed by atoms with Crippen LogP contribution in [0, 0.1) is 0 Å². The van der Waals surface area contributed by atoms with Crippen molar-refractivity contribution in [3.05, 3.63) is 0 Å². The minimum absolute atomic E-state index is 1.00. The first-order chi connectivity index (χ1) is 4.35. The highest BCUT2D eigenvalue weighted by atomic mass is 16.6. The Labute approximate surface area is 56.9 Å². The lowest BCUT2D eigenvalue weighted by Crippen LogP contribution is -1.95. The molecule has 54 valence electrons. The molecule has 0 aliphatic carbocycles. The molecule has 2 heteroatoms. The summed E-state index contributed by atoms with van der Waals surface area (Å²) in [6.45, 7) is 4.23. The fourth-order valence-electron chi connectivity index (χ4n) is 0.705. The first-order valence-corrected chi connectivity index (χ1v) is 3.44. The van der Waals surface area contributed by atoms with Gasteiger partial charge in [-0.25, -0.2) is 0 Å². The van der Waals surface area contributed by atoms with Crippen LogP contribution in [-0.4, -0.2) is 12.8 Å². The summed E-state index contributed by atoms with van der Waals surface area (Å²) in [5.41, 5.74) is 1.15. The van der Waals surface area contributed by atoms with Crippen molar-refractivity contribution >= 4 is 5.71 Å². The topological polar surface area (TPSA) is 21.6 Å². The van der Waals surface area contributed by atoms with Gasteiger partial charge in [-0.3, -0.25) is 0 Å². The van der Waals surface area contributed by atoms with E-state index in [4.69, 9.17) is 0 Å². The maximum absolute atomic E-state index is 4.64. The van der Waals surface area contributed by atoms with Gasteiger partial charge in [-0.05, 0) is 12.8 Å². The summed E-state index contributed by atoms with van der Waals surface area (Å²) in [6.07, 6.45) is 3.21. The van der Waals surface area contributed by atoms with Gasteiger partial charge in [-0.2, -0.15) is 0 Å². The van der Waals surface area contributed by atoms with Gasteiger partial charge >= 0.3 is 0 Å². The van der Waals surface area contributed by atoms with Gasteiger partial charge in [0, 0.05) is 0 Å². The monoisotopic (exact) mass is 129 g/mol. The second kappa shape index (κ2) is 5.60. The molecule has 0 unspecified atom stereocenters. The second-order valence-corrected chi connectivity index (χ2v) is 1.94. The maximum Gasteiger partial charge on any atom is 0.106 e. The summed E-state index contributed by atoms with van der Waals surface area (Å²) in [5, 5.41) is 3.85. The Morgan fingerprint density at radius 2 is 2.11 bits per heavy atom. The van der Waals surface area contributed by atoms with Crippen molar-refractivity contribution in [2.75, 3.05) is 7.11 Å². The SMILES string of the molecule is CCC/C(CC)=N/OC. The first-order valence-electron chi connectivity index (χ1n) is 3.44. The van der Waals surface area contributed by atoms with E-state index in [1.807, 2.05) is 0 Å². The molecule has 0 aromatic carbocycles. The van der Waals surface area contributed by atoms with E-state index < -0.39 is 0 Å². The van der Waals surface area contributed by atoms with E-state index in [2.05, 4.69) is 23.8 Å². The zero-order valence-electron chi connectivity index (χ0n) is 6.48. The van der Waals surface area contributed by atoms with Crippen LogP contribution in [0.1, 0.15) is 33.1 Å². The van der Waals surface area contributed by atoms with Crippen molar-refractivity contribution in [2.24, 2.45) is 5.16 Å². The molecule has 2 nitrogen and oxygen atoms in total. The van der Waals surface area contributed by atoms with Crippen LogP contribution in [0.5, 0.6) is 0 Å². The van der Waals surface area contributed by atoms with Crippen molar-refractivity contribution in [3.63, 3.8) is 0 Å². The highest BCUT2D eigenvalue weighted by molar-refractivity contribution is 5.83. The van der Waals surface area contributed by atoms with E-state index in [1.54, 1.807) is 7.11 Å². The highest BCUT2D eigenvalue weighted by Crippen LogP contribution is 1.96. The summed E-state index contributed by atoms with van der Waals surface area (Å²) >= 11 is 0. The lowest BCUT2D eigenvalue weighted by molar-refractivity contribution is 0.211. The molecule has 0 N–H and O–H groups in total. The van der Waals surface area contributed by atoms with E-state index in [0.717, 1.165) is 25.0 Å². The first kappa shape index (κ1) is 8.47. The molecule has 0 aliphatic heterocycles. The average Bonchev–Trinajstić information content (AvgIpc) is 1.88. The van der Waals surface area contributed by atoms with Crippen molar-refractivity contribution < 1.29 is 4.84 Å². The van der Waals surface area contributed by atoms with Gasteiger partial charge in [0.15, 0.2) is 0 Å². The molecule has 9 heavy (non-hydrogen) atoms. The number of rotatable bonds is 4. The smallest absolute Gasteiger partial charge is 0.106 e. The number of nitrogens with zero attached hydrogens (tertiary/aromatic N) is 1. The highest BCUT2D eigenvalue weighted by Gasteiger charge is 1.92. The summed E-state index contributed by atoms with van der Waals surface area (Å²) in [4.78, 5) is 4.64. The number of hydrogen-bond acceptors (Lipinski definition) is 2. The zero-order valence-corrected chi connectivity index (χ0v) is 6.48. The maximum atomic E-state index is 4.64. The van der Waals surface area contributed by atoms with E-state index in [0.29, 0.717) is 0 Å². The molecule has 0 radical (unpaired) electrons. The van der Waals surface area contributed by atoms with Gasteiger partial charge < -0.3 is 4.84 Å². The molecule has 0 amide bonds. The summed E-state index contributed by atoms with van der Waals surface area (Å²) in [5.74, 6) is 0. The van der Waals surface area contributed by atoms with Crippen LogP contribution >= 0.6 is 0 Å². The van der Waals surface area contributed by atoms with Crippen molar-refractivity contribution in [2.45, 2.75) is 33.1 Å². The van der Waals surface area contributed by atoms with E-state index in [1.165, 1.54) is 0 Å². The largest absolute Gasteiger partial charge is 0.399 e. The van der Waals surface area contributed by atoms with Crippen LogP contribution < -0.4 is 0 Å². The Hall–Kier alpha value is -0.530. The molecule has 0 saturated carbocycles. The number of hydrogen-bond donors (Lipinski definition) is 0. The standard InChI is InChI=1S/C7H15NO/c1-4-6-7(5-2)8-9-3/h4-6H2,1-3H3/b8-7+. The molecule has 0 aromatic rings. The fourth-order valence-corrected chi connectivity index (χ4v) is 0.705. The van der Waals surface area contributed by atoms with Crippen LogP contribution in [0.15, 0.2) is 5.16 Å². The van der Waals surface area contributed by atoms with Gasteiger partial charge in [0.2, 0.25) is 0 Å². The van der Waals surface area contributed by atoms with E-state index in [-0.39, 0.29) is 0 Å². The van der Waals surface area contributed by atoms with Gasteiger partial charge in [0.25, 0.3) is 0 Å². The van der Waals surface area contributed by atoms with Crippen LogP contribution in [0.25, 0.3) is 0 Å². The minimum Gasteiger partial charge on any atom is -0.399 e. The molecule has 0 fully saturated rings. The van der Waals surface area contributed by atoms with E-state index in [9.17, 15) is 0 Å². The molecule has 0 aromatic heterocycles. The second-order valence-electron chi connectivity index (χ2n) is 1.94. The minimum atomic E-state index is 1.00. The van der Waals surface area contributed by atoms with Gasteiger partial charge in [0.05, 0.1) is 5.71 Å². The Balaban J connectivity index is 3.53. The van der Waals surface area contributed by atoms with Crippen molar-refractivity contribution in [3.8, 4) is 0 Å². The molecule has 0 heterocycles. The third-order valence-corrected chi connectivity index (χ3v) is 1.17. The lowest BCUT2D eigenvalue weighted by atomic mass is 10.2. The quantitative estimate of drug-likeness (QED) is 0.421. The molecular weight excluding hydrogens is 114 g/mol. The third-order valence-electron chi connectivity index (χ3n) is 1.17. The molecule has 0 spiro atoms. The predicted molar refractivity (Wildman–Crippen MR) is 39.6 cm³/mol. The normalized spacial score (nSPS) is 11.7. The average molecular weight is 129 g/mol. The van der Waals surface area contributed by atoms with Crippen molar-refractivity contribution in [1.29, 1.82) is 0 Å². The van der Waals surface area contributed by atoms with E-state index >= 15 is 0 Å². The molecule has 0 rings (SSSR count).